The lowest BCUT2D eigenvalue weighted by Gasteiger charge is -2.23. The van der Waals surface area contributed by atoms with Crippen molar-refractivity contribution < 1.29 is 4.42 Å². The van der Waals surface area contributed by atoms with Crippen LogP contribution in [-0.2, 0) is 0 Å². The first-order chi connectivity index (χ1) is 24.8. The van der Waals surface area contributed by atoms with E-state index in [2.05, 4.69) is 95.6 Å². The van der Waals surface area contributed by atoms with Crippen molar-refractivity contribution in [1.82, 2.24) is 19.5 Å². The average Bonchev–Trinajstić information content (AvgIpc) is 3.74. The molecule has 5 heteroatoms. The van der Waals surface area contributed by atoms with Crippen molar-refractivity contribution in [2.75, 3.05) is 0 Å². The number of fused-ring (bicyclic) bond motifs is 6. The van der Waals surface area contributed by atoms with Gasteiger partial charge in [-0.2, -0.15) is 0 Å². The Kier molecular flexibility index (Phi) is 6.56. The molecule has 0 amide bonds. The molecule has 10 rings (SSSR count). The Labute approximate surface area is 288 Å². The van der Waals surface area contributed by atoms with E-state index in [9.17, 15) is 0 Å². The van der Waals surface area contributed by atoms with Gasteiger partial charge in [0.25, 0.3) is 0 Å². The molecule has 236 valence electrons. The molecule has 0 saturated carbocycles. The first-order valence-electron chi connectivity index (χ1n) is 17.0. The van der Waals surface area contributed by atoms with E-state index in [4.69, 9.17) is 19.4 Å². The highest BCUT2D eigenvalue weighted by atomic mass is 16.3. The maximum absolute atomic E-state index is 6.45. The molecule has 1 aliphatic rings. The Morgan fingerprint density at radius 3 is 1.82 bits per heavy atom. The predicted octanol–water partition coefficient (Wildman–Crippen LogP) is 11.5. The second kappa shape index (κ2) is 11.5. The van der Waals surface area contributed by atoms with Crippen molar-refractivity contribution >= 4 is 49.3 Å². The third-order valence-corrected chi connectivity index (χ3v) is 9.81. The largest absolute Gasteiger partial charge is 0.456 e. The zero-order valence-electron chi connectivity index (χ0n) is 27.1. The quantitative estimate of drug-likeness (QED) is 0.187. The predicted molar refractivity (Wildman–Crippen MR) is 204 cm³/mol. The maximum atomic E-state index is 6.45. The van der Waals surface area contributed by atoms with E-state index in [1.165, 1.54) is 32.9 Å². The van der Waals surface area contributed by atoms with Gasteiger partial charge in [0.15, 0.2) is 17.5 Å². The smallest absolute Gasteiger partial charge is 0.164 e. The summed E-state index contributed by atoms with van der Waals surface area (Å²) in [7, 11) is 0. The SMILES string of the molecule is C1=CC(n2c3ccccc3c3ccccc32)CC(c2ccc3oc4cccc(-c5nc(-c6ccccc6)nc(-c6ccccc6)n5)c4c3c2)=C1. The summed E-state index contributed by atoms with van der Waals surface area (Å²) in [5, 5.41) is 4.62. The Bertz CT molecular complexity index is 2680. The van der Waals surface area contributed by atoms with Gasteiger partial charge in [0, 0.05) is 49.3 Å². The van der Waals surface area contributed by atoms with Gasteiger partial charge in [-0.15, -0.1) is 0 Å². The molecule has 0 aliphatic heterocycles. The monoisotopic (exact) mass is 642 g/mol. The minimum absolute atomic E-state index is 0.185. The number of furan rings is 1. The summed E-state index contributed by atoms with van der Waals surface area (Å²) in [6.45, 7) is 0. The van der Waals surface area contributed by atoms with Crippen molar-refractivity contribution in [3.8, 4) is 34.2 Å². The topological polar surface area (TPSA) is 56.7 Å². The van der Waals surface area contributed by atoms with E-state index in [1.54, 1.807) is 0 Å². The number of nitrogens with zero attached hydrogens (tertiary/aromatic N) is 4. The summed E-state index contributed by atoms with van der Waals surface area (Å²) >= 11 is 0. The number of aromatic nitrogens is 4. The molecule has 3 aromatic heterocycles. The molecule has 1 atom stereocenters. The summed E-state index contributed by atoms with van der Waals surface area (Å²) in [4.78, 5) is 15.0. The van der Waals surface area contributed by atoms with Gasteiger partial charge < -0.3 is 8.98 Å². The third kappa shape index (κ3) is 4.66. The second-order valence-electron chi connectivity index (χ2n) is 12.8. The van der Waals surface area contributed by atoms with Crippen LogP contribution >= 0.6 is 0 Å². The molecule has 0 radical (unpaired) electrons. The van der Waals surface area contributed by atoms with Crippen LogP contribution in [0.1, 0.15) is 18.0 Å². The molecule has 0 saturated heterocycles. The van der Waals surface area contributed by atoms with Crippen molar-refractivity contribution in [3.63, 3.8) is 0 Å². The Hall–Kier alpha value is -6.59. The minimum atomic E-state index is 0.185. The molecular formula is C45H30N4O. The van der Waals surface area contributed by atoms with Gasteiger partial charge in [-0.05, 0) is 47.9 Å². The normalized spacial score (nSPS) is 14.6. The van der Waals surface area contributed by atoms with Crippen LogP contribution in [0.2, 0.25) is 0 Å². The fraction of sp³-hybridized carbons (Fsp3) is 0.0444. The van der Waals surface area contributed by atoms with E-state index in [-0.39, 0.29) is 6.04 Å². The minimum Gasteiger partial charge on any atom is -0.456 e. The third-order valence-electron chi connectivity index (χ3n) is 9.81. The zero-order chi connectivity index (χ0) is 33.0. The molecule has 0 fully saturated rings. The fourth-order valence-electron chi connectivity index (χ4n) is 7.50. The highest BCUT2D eigenvalue weighted by Gasteiger charge is 2.22. The van der Waals surface area contributed by atoms with Gasteiger partial charge in [-0.25, -0.2) is 15.0 Å². The fourth-order valence-corrected chi connectivity index (χ4v) is 7.50. The Balaban J connectivity index is 1.10. The van der Waals surface area contributed by atoms with E-state index in [0.717, 1.165) is 45.0 Å². The lowest BCUT2D eigenvalue weighted by molar-refractivity contribution is 0.656. The highest BCUT2D eigenvalue weighted by Crippen LogP contribution is 2.41. The van der Waals surface area contributed by atoms with Crippen LogP contribution in [0.15, 0.2) is 168 Å². The van der Waals surface area contributed by atoms with Crippen LogP contribution in [0.4, 0.5) is 0 Å². The van der Waals surface area contributed by atoms with Crippen LogP contribution in [-0.4, -0.2) is 19.5 Å². The van der Waals surface area contributed by atoms with Crippen LogP contribution < -0.4 is 0 Å². The van der Waals surface area contributed by atoms with Gasteiger partial charge in [0.05, 0.1) is 6.04 Å². The van der Waals surface area contributed by atoms with E-state index in [0.29, 0.717) is 17.5 Å². The number of rotatable bonds is 5. The number of hydrogen-bond acceptors (Lipinski definition) is 4. The van der Waals surface area contributed by atoms with Crippen molar-refractivity contribution in [2.24, 2.45) is 0 Å². The molecule has 1 unspecified atom stereocenters. The van der Waals surface area contributed by atoms with E-state index in [1.807, 2.05) is 72.8 Å². The van der Waals surface area contributed by atoms with Crippen molar-refractivity contribution in [3.05, 3.63) is 169 Å². The lowest BCUT2D eigenvalue weighted by Crippen LogP contribution is -2.09. The summed E-state index contributed by atoms with van der Waals surface area (Å²) < 4.78 is 8.95. The maximum Gasteiger partial charge on any atom is 0.164 e. The zero-order valence-corrected chi connectivity index (χ0v) is 27.1. The van der Waals surface area contributed by atoms with E-state index < -0.39 is 0 Å². The van der Waals surface area contributed by atoms with Crippen LogP contribution in [0.5, 0.6) is 0 Å². The first kappa shape index (κ1) is 28.4. The summed E-state index contributed by atoms with van der Waals surface area (Å²) in [6.07, 6.45) is 7.65. The Morgan fingerprint density at radius 2 is 1.14 bits per heavy atom. The van der Waals surface area contributed by atoms with Gasteiger partial charge in [-0.3, -0.25) is 0 Å². The molecule has 3 heterocycles. The second-order valence-corrected chi connectivity index (χ2v) is 12.8. The molecule has 6 aromatic carbocycles. The summed E-state index contributed by atoms with van der Waals surface area (Å²) in [5.74, 6) is 1.88. The van der Waals surface area contributed by atoms with Gasteiger partial charge in [0.2, 0.25) is 0 Å². The number of allylic oxidation sites excluding steroid dienone is 4. The number of hydrogen-bond donors (Lipinski definition) is 0. The molecular weight excluding hydrogens is 613 g/mol. The highest BCUT2D eigenvalue weighted by molar-refractivity contribution is 6.12. The molecule has 0 spiro atoms. The van der Waals surface area contributed by atoms with Gasteiger partial charge >= 0.3 is 0 Å². The van der Waals surface area contributed by atoms with Gasteiger partial charge in [-0.1, -0.05) is 133 Å². The molecule has 0 N–H and O–H groups in total. The standard InChI is InChI=1S/C45H30N4O/c1-3-13-29(14-4-1)43-46-44(30-15-5-2-6-16-30)48-45(47-43)36-21-12-24-41-42(36)37-28-32(25-26-40(37)50-41)31-17-11-18-33(27-31)49-38-22-9-7-19-34(38)35-20-8-10-23-39(35)49/h1-26,28,33H,27H2. The average molecular weight is 643 g/mol. The molecule has 1 aliphatic carbocycles. The lowest BCUT2D eigenvalue weighted by atomic mass is 9.92. The van der Waals surface area contributed by atoms with Crippen molar-refractivity contribution in [2.45, 2.75) is 12.5 Å². The Morgan fingerprint density at radius 1 is 0.520 bits per heavy atom. The first-order valence-corrected chi connectivity index (χ1v) is 17.0. The van der Waals surface area contributed by atoms with Crippen molar-refractivity contribution in [1.29, 1.82) is 0 Å². The summed E-state index contributed by atoms with van der Waals surface area (Å²) in [6, 6.07) is 50.5. The van der Waals surface area contributed by atoms with E-state index >= 15 is 0 Å². The summed E-state index contributed by atoms with van der Waals surface area (Å²) in [5.41, 5.74) is 9.41. The molecule has 50 heavy (non-hydrogen) atoms. The number of para-hydroxylation sites is 2. The van der Waals surface area contributed by atoms with Crippen LogP contribution in [0, 0.1) is 0 Å². The van der Waals surface area contributed by atoms with Crippen LogP contribution in [0.25, 0.3) is 83.5 Å². The molecule has 9 aromatic rings. The molecule has 0 bridgehead atoms. The number of benzene rings is 6. The molecule has 5 nitrogen and oxygen atoms in total. The van der Waals surface area contributed by atoms with Crippen LogP contribution in [0.3, 0.4) is 0 Å². The van der Waals surface area contributed by atoms with Gasteiger partial charge in [0.1, 0.15) is 11.2 Å².